The van der Waals surface area contributed by atoms with Gasteiger partial charge in [-0.1, -0.05) is 35.0 Å². The maximum absolute atomic E-state index is 12.0. The van der Waals surface area contributed by atoms with Crippen LogP contribution < -0.4 is 0 Å². The quantitative estimate of drug-likeness (QED) is 0.808. The van der Waals surface area contributed by atoms with Gasteiger partial charge in [-0.15, -0.1) is 16.9 Å². The fraction of sp³-hybridized carbons (Fsp3) is 0.438. The molecule has 0 bridgehead atoms. The van der Waals surface area contributed by atoms with E-state index < -0.39 is 0 Å². The van der Waals surface area contributed by atoms with Gasteiger partial charge >= 0.3 is 0 Å². The zero-order chi connectivity index (χ0) is 16.2. The Hall–Kier alpha value is -1.86. The summed E-state index contributed by atoms with van der Waals surface area (Å²) in [4.78, 5) is 13.8. The number of benzene rings is 1. The van der Waals surface area contributed by atoms with Gasteiger partial charge in [0, 0.05) is 13.7 Å². The molecule has 3 rings (SSSR count). The number of methoxy groups -OCH3 is 1. The number of thioether (sulfide) groups is 1. The van der Waals surface area contributed by atoms with Crippen LogP contribution in [0.25, 0.3) is 0 Å². The van der Waals surface area contributed by atoms with Crippen LogP contribution in [0, 0.1) is 6.92 Å². The summed E-state index contributed by atoms with van der Waals surface area (Å²) >= 11 is 1.59. The minimum absolute atomic E-state index is 0.0658. The maximum Gasteiger partial charge on any atom is 0.233 e. The van der Waals surface area contributed by atoms with E-state index in [9.17, 15) is 4.79 Å². The number of aromatic nitrogens is 3. The fourth-order valence-corrected chi connectivity index (χ4v) is 3.78. The molecular formula is C16H20N4O2S. The molecule has 2 aromatic rings. The van der Waals surface area contributed by atoms with Crippen LogP contribution in [0.3, 0.4) is 0 Å². The predicted molar refractivity (Wildman–Crippen MR) is 89.1 cm³/mol. The van der Waals surface area contributed by atoms with Crippen molar-refractivity contribution in [1.82, 2.24) is 19.9 Å². The van der Waals surface area contributed by atoms with E-state index in [1.165, 1.54) is 11.1 Å². The number of carbonyl (C=O) groups excluding carboxylic acids is 1. The normalized spacial score (nSPS) is 17.9. The van der Waals surface area contributed by atoms with Crippen LogP contribution in [0.1, 0.15) is 22.2 Å². The molecule has 122 valence electrons. The van der Waals surface area contributed by atoms with Gasteiger partial charge < -0.3 is 9.64 Å². The van der Waals surface area contributed by atoms with E-state index in [0.29, 0.717) is 25.4 Å². The van der Waals surface area contributed by atoms with Gasteiger partial charge in [-0.3, -0.25) is 4.79 Å². The molecule has 0 N–H and O–H groups in total. The first-order valence-electron chi connectivity index (χ1n) is 7.53. The molecule has 1 atom stereocenters. The van der Waals surface area contributed by atoms with E-state index in [1.807, 2.05) is 21.8 Å². The second-order valence-corrected chi connectivity index (χ2v) is 6.64. The second-order valence-electron chi connectivity index (χ2n) is 5.57. The zero-order valence-corrected chi connectivity index (χ0v) is 14.1. The highest BCUT2D eigenvalue weighted by atomic mass is 32.2. The first kappa shape index (κ1) is 16.0. The van der Waals surface area contributed by atoms with E-state index in [-0.39, 0.29) is 11.3 Å². The molecule has 0 radical (unpaired) electrons. The Morgan fingerprint density at radius 2 is 2.30 bits per heavy atom. The Kier molecular flexibility index (Phi) is 4.97. The number of hydrogen-bond acceptors (Lipinski definition) is 5. The van der Waals surface area contributed by atoms with Crippen molar-refractivity contribution in [2.24, 2.45) is 0 Å². The van der Waals surface area contributed by atoms with Crippen molar-refractivity contribution in [2.75, 3.05) is 26.0 Å². The molecule has 6 nitrogen and oxygen atoms in total. The summed E-state index contributed by atoms with van der Waals surface area (Å²) in [6, 6.07) is 8.33. The van der Waals surface area contributed by atoms with Gasteiger partial charge in [0.25, 0.3) is 0 Å². The number of rotatable bonds is 6. The molecule has 1 aromatic heterocycles. The van der Waals surface area contributed by atoms with Crippen molar-refractivity contribution in [3.63, 3.8) is 0 Å². The van der Waals surface area contributed by atoms with E-state index in [1.54, 1.807) is 18.9 Å². The molecule has 2 heterocycles. The summed E-state index contributed by atoms with van der Waals surface area (Å²) in [5, 5.41) is 8.41. The molecule has 0 saturated carbocycles. The van der Waals surface area contributed by atoms with Gasteiger partial charge in [0.2, 0.25) is 5.91 Å². The minimum Gasteiger partial charge on any atom is -0.383 e. The van der Waals surface area contributed by atoms with Crippen molar-refractivity contribution >= 4 is 17.7 Å². The maximum atomic E-state index is 12.0. The van der Waals surface area contributed by atoms with Gasteiger partial charge in [-0.2, -0.15) is 0 Å². The lowest BCUT2D eigenvalue weighted by atomic mass is 10.1. The second kappa shape index (κ2) is 7.14. The van der Waals surface area contributed by atoms with Crippen LogP contribution in [-0.2, 0) is 16.1 Å². The van der Waals surface area contributed by atoms with Crippen molar-refractivity contribution < 1.29 is 9.53 Å². The Bertz CT molecular complexity index is 688. The molecule has 1 aliphatic rings. The predicted octanol–water partition coefficient (Wildman–Crippen LogP) is 1.86. The highest BCUT2D eigenvalue weighted by molar-refractivity contribution is 8.00. The fourth-order valence-electron chi connectivity index (χ4n) is 2.63. The average Bonchev–Trinajstić information content (AvgIpc) is 3.12. The third-order valence-corrected chi connectivity index (χ3v) is 4.97. The van der Waals surface area contributed by atoms with E-state index in [2.05, 4.69) is 35.4 Å². The highest BCUT2D eigenvalue weighted by Gasteiger charge is 2.34. The molecule has 1 aromatic carbocycles. The van der Waals surface area contributed by atoms with Crippen LogP contribution in [0.2, 0.25) is 0 Å². The summed E-state index contributed by atoms with van der Waals surface area (Å²) in [5.41, 5.74) is 3.24. The SMILES string of the molecule is COCCN1C(=O)CS[C@@H]1c1cn(Cc2cccc(C)c2)nn1. The van der Waals surface area contributed by atoms with Crippen LogP contribution >= 0.6 is 11.8 Å². The number of carbonyl (C=O) groups is 1. The topological polar surface area (TPSA) is 60.2 Å². The monoisotopic (exact) mass is 332 g/mol. The lowest BCUT2D eigenvalue weighted by molar-refractivity contribution is -0.128. The average molecular weight is 332 g/mol. The van der Waals surface area contributed by atoms with Crippen molar-refractivity contribution in [2.45, 2.75) is 18.8 Å². The van der Waals surface area contributed by atoms with Gasteiger partial charge in [-0.25, -0.2) is 4.68 Å². The summed E-state index contributed by atoms with van der Waals surface area (Å²) < 4.78 is 6.91. The smallest absolute Gasteiger partial charge is 0.233 e. The molecule has 7 heteroatoms. The molecule has 0 spiro atoms. The Labute approximate surface area is 139 Å². The van der Waals surface area contributed by atoms with E-state index in [4.69, 9.17) is 4.74 Å². The van der Waals surface area contributed by atoms with Crippen LogP contribution in [0.5, 0.6) is 0 Å². The molecule has 1 fully saturated rings. The Balaban J connectivity index is 1.72. The number of nitrogens with zero attached hydrogens (tertiary/aromatic N) is 4. The Morgan fingerprint density at radius 1 is 1.43 bits per heavy atom. The first-order chi connectivity index (χ1) is 11.2. The van der Waals surface area contributed by atoms with Gasteiger partial charge in [0.05, 0.1) is 25.1 Å². The number of ether oxygens (including phenoxy) is 1. The third-order valence-electron chi connectivity index (χ3n) is 3.74. The van der Waals surface area contributed by atoms with Crippen molar-refractivity contribution in [1.29, 1.82) is 0 Å². The largest absolute Gasteiger partial charge is 0.383 e. The van der Waals surface area contributed by atoms with Gasteiger partial charge in [-0.05, 0) is 12.5 Å². The Morgan fingerprint density at radius 3 is 3.09 bits per heavy atom. The first-order valence-corrected chi connectivity index (χ1v) is 8.58. The standard InChI is InChI=1S/C16H20N4O2S/c1-12-4-3-5-13(8-12)9-19-10-14(17-18-19)16-20(6-7-22-2)15(21)11-23-16/h3-5,8,10,16H,6-7,9,11H2,1-2H3/t16-/m1/s1. The lowest BCUT2D eigenvalue weighted by Gasteiger charge is -2.21. The molecule has 0 aliphatic carbocycles. The van der Waals surface area contributed by atoms with Crippen molar-refractivity contribution in [3.05, 3.63) is 47.3 Å². The molecule has 23 heavy (non-hydrogen) atoms. The van der Waals surface area contributed by atoms with Gasteiger partial charge in [0.15, 0.2) is 0 Å². The summed E-state index contributed by atoms with van der Waals surface area (Å²) in [5.74, 6) is 0.615. The molecule has 1 amide bonds. The number of hydrogen-bond donors (Lipinski definition) is 0. The minimum atomic E-state index is -0.0658. The van der Waals surface area contributed by atoms with E-state index in [0.717, 1.165) is 5.69 Å². The third kappa shape index (κ3) is 3.73. The number of aryl methyl sites for hydroxylation is 1. The van der Waals surface area contributed by atoms with Crippen LogP contribution in [0.4, 0.5) is 0 Å². The van der Waals surface area contributed by atoms with Gasteiger partial charge in [0.1, 0.15) is 11.1 Å². The van der Waals surface area contributed by atoms with Crippen LogP contribution in [-0.4, -0.2) is 51.8 Å². The number of amides is 1. The molecular weight excluding hydrogens is 312 g/mol. The molecule has 1 saturated heterocycles. The summed E-state index contributed by atoms with van der Waals surface area (Å²) in [6.45, 7) is 3.86. The molecule has 0 unspecified atom stereocenters. The van der Waals surface area contributed by atoms with E-state index >= 15 is 0 Å². The van der Waals surface area contributed by atoms with Crippen molar-refractivity contribution in [3.8, 4) is 0 Å². The highest BCUT2D eigenvalue weighted by Crippen LogP contribution is 2.37. The summed E-state index contributed by atoms with van der Waals surface area (Å²) in [6.07, 6.45) is 1.93. The van der Waals surface area contributed by atoms with Crippen LogP contribution in [0.15, 0.2) is 30.5 Å². The lowest BCUT2D eigenvalue weighted by Crippen LogP contribution is -2.31. The zero-order valence-electron chi connectivity index (χ0n) is 13.3. The molecule has 1 aliphatic heterocycles. The summed E-state index contributed by atoms with van der Waals surface area (Å²) in [7, 11) is 1.64.